The fourth-order valence-electron chi connectivity index (χ4n) is 2.10. The summed E-state index contributed by atoms with van der Waals surface area (Å²) in [6, 6.07) is 0. The van der Waals surface area contributed by atoms with Gasteiger partial charge in [0.05, 0.1) is 12.2 Å². The Kier molecular flexibility index (Phi) is 2.05. The van der Waals surface area contributed by atoms with Gasteiger partial charge in [-0.25, -0.2) is 0 Å². The molecule has 0 aliphatic heterocycles. The maximum Gasteiger partial charge on any atom is 0.0857 e. The van der Waals surface area contributed by atoms with Gasteiger partial charge in [-0.1, -0.05) is 34.6 Å². The van der Waals surface area contributed by atoms with Crippen molar-refractivity contribution in [2.45, 2.75) is 46.8 Å². The molecule has 1 aliphatic rings. The summed E-state index contributed by atoms with van der Waals surface area (Å²) in [4.78, 5) is 0. The highest BCUT2D eigenvalue weighted by Crippen LogP contribution is 2.55. The van der Waals surface area contributed by atoms with Crippen LogP contribution < -0.4 is 0 Å². The second-order valence-electron chi connectivity index (χ2n) is 5.17. The van der Waals surface area contributed by atoms with Crippen molar-refractivity contribution in [3.63, 3.8) is 0 Å². The Morgan fingerprint density at radius 3 is 1.42 bits per heavy atom. The lowest BCUT2D eigenvalue weighted by Crippen LogP contribution is -2.37. The first-order valence-electron chi connectivity index (χ1n) is 4.59. The predicted octanol–water partition coefficient (Wildman–Crippen LogP) is 1.41. The molecule has 0 heterocycles. The molecule has 0 spiro atoms. The van der Waals surface area contributed by atoms with Gasteiger partial charge < -0.3 is 10.2 Å². The third kappa shape index (κ3) is 0.944. The van der Waals surface area contributed by atoms with Gasteiger partial charge in [0.2, 0.25) is 0 Å². The summed E-state index contributed by atoms with van der Waals surface area (Å²) in [5.41, 5.74) is -0.211. The van der Waals surface area contributed by atoms with Crippen molar-refractivity contribution in [1.82, 2.24) is 0 Å². The van der Waals surface area contributed by atoms with Crippen LogP contribution in [-0.4, -0.2) is 22.4 Å². The SMILES string of the molecule is CC1C(O)C(O)C(C)(C)C1(C)C. The average molecular weight is 172 g/mol. The maximum atomic E-state index is 9.78. The van der Waals surface area contributed by atoms with E-state index in [1.54, 1.807) is 0 Å². The van der Waals surface area contributed by atoms with E-state index in [-0.39, 0.29) is 16.7 Å². The quantitative estimate of drug-likeness (QED) is 0.580. The van der Waals surface area contributed by atoms with E-state index >= 15 is 0 Å². The molecule has 1 fully saturated rings. The Bertz CT molecular complexity index is 164. The van der Waals surface area contributed by atoms with Crippen LogP contribution in [0.4, 0.5) is 0 Å². The Balaban J connectivity index is 3.06. The van der Waals surface area contributed by atoms with Gasteiger partial charge in [0.25, 0.3) is 0 Å². The molecule has 0 saturated heterocycles. The molecular formula is C10H20O2. The molecule has 12 heavy (non-hydrogen) atoms. The molecule has 2 N–H and O–H groups in total. The number of aliphatic hydroxyl groups excluding tert-OH is 2. The molecule has 0 bridgehead atoms. The van der Waals surface area contributed by atoms with Gasteiger partial charge in [0, 0.05) is 0 Å². The van der Waals surface area contributed by atoms with Crippen molar-refractivity contribution < 1.29 is 10.2 Å². The summed E-state index contributed by atoms with van der Waals surface area (Å²) in [6.07, 6.45) is -1.17. The van der Waals surface area contributed by atoms with Gasteiger partial charge in [-0.3, -0.25) is 0 Å². The van der Waals surface area contributed by atoms with Gasteiger partial charge in [-0.2, -0.15) is 0 Å². The molecular weight excluding hydrogens is 152 g/mol. The molecule has 0 aromatic heterocycles. The fraction of sp³-hybridized carbons (Fsp3) is 1.00. The molecule has 3 unspecified atom stereocenters. The smallest absolute Gasteiger partial charge is 0.0857 e. The third-order valence-corrected chi connectivity index (χ3v) is 4.37. The fourth-order valence-corrected chi connectivity index (χ4v) is 2.10. The molecule has 72 valence electrons. The molecule has 3 atom stereocenters. The predicted molar refractivity (Wildman–Crippen MR) is 48.7 cm³/mol. The molecule has 0 aromatic rings. The highest BCUT2D eigenvalue weighted by molar-refractivity contribution is 5.06. The van der Waals surface area contributed by atoms with Crippen molar-refractivity contribution >= 4 is 0 Å². The van der Waals surface area contributed by atoms with Crippen LogP contribution in [0.25, 0.3) is 0 Å². The van der Waals surface area contributed by atoms with Gasteiger partial charge in [-0.15, -0.1) is 0 Å². The lowest BCUT2D eigenvalue weighted by molar-refractivity contribution is -0.0249. The summed E-state index contributed by atoms with van der Waals surface area (Å²) in [5, 5.41) is 19.5. The van der Waals surface area contributed by atoms with Crippen LogP contribution in [0.15, 0.2) is 0 Å². The molecule has 0 aromatic carbocycles. The molecule has 2 nitrogen and oxygen atoms in total. The van der Waals surface area contributed by atoms with Gasteiger partial charge in [-0.05, 0) is 16.7 Å². The largest absolute Gasteiger partial charge is 0.390 e. The van der Waals surface area contributed by atoms with E-state index in [4.69, 9.17) is 0 Å². The molecule has 2 heteroatoms. The molecule has 0 radical (unpaired) electrons. The van der Waals surface area contributed by atoms with Crippen LogP contribution in [0.1, 0.15) is 34.6 Å². The molecule has 1 aliphatic carbocycles. The summed E-state index contributed by atoms with van der Waals surface area (Å²) in [6.45, 7) is 10.3. The van der Waals surface area contributed by atoms with Crippen molar-refractivity contribution in [3.05, 3.63) is 0 Å². The number of aliphatic hydroxyl groups is 2. The number of rotatable bonds is 0. The van der Waals surface area contributed by atoms with Gasteiger partial charge in [0.15, 0.2) is 0 Å². The average Bonchev–Trinajstić information content (AvgIpc) is 2.05. The molecule has 1 saturated carbocycles. The topological polar surface area (TPSA) is 40.5 Å². The standard InChI is InChI=1S/C10H20O2/c1-6-7(11)8(12)10(4,5)9(6,2)3/h6-8,11-12H,1-5H3. The Morgan fingerprint density at radius 2 is 1.33 bits per heavy atom. The van der Waals surface area contributed by atoms with Crippen molar-refractivity contribution in [2.24, 2.45) is 16.7 Å². The van der Waals surface area contributed by atoms with Crippen LogP contribution in [0.3, 0.4) is 0 Å². The van der Waals surface area contributed by atoms with E-state index in [0.717, 1.165) is 0 Å². The summed E-state index contributed by atoms with van der Waals surface area (Å²) < 4.78 is 0. The van der Waals surface area contributed by atoms with Crippen LogP contribution in [-0.2, 0) is 0 Å². The number of hydrogen-bond acceptors (Lipinski definition) is 2. The number of hydrogen-bond donors (Lipinski definition) is 2. The molecule has 0 amide bonds. The zero-order valence-electron chi connectivity index (χ0n) is 8.63. The van der Waals surface area contributed by atoms with Crippen LogP contribution >= 0.6 is 0 Å². The van der Waals surface area contributed by atoms with E-state index in [2.05, 4.69) is 13.8 Å². The van der Waals surface area contributed by atoms with Crippen molar-refractivity contribution in [2.75, 3.05) is 0 Å². The summed E-state index contributed by atoms with van der Waals surface area (Å²) >= 11 is 0. The maximum absolute atomic E-state index is 9.78. The molecule has 1 rings (SSSR count). The van der Waals surface area contributed by atoms with Crippen LogP contribution in [0.5, 0.6) is 0 Å². The highest BCUT2D eigenvalue weighted by atomic mass is 16.3. The zero-order valence-corrected chi connectivity index (χ0v) is 8.63. The Morgan fingerprint density at radius 1 is 0.917 bits per heavy atom. The second-order valence-corrected chi connectivity index (χ2v) is 5.17. The van der Waals surface area contributed by atoms with E-state index in [0.29, 0.717) is 0 Å². The first-order valence-corrected chi connectivity index (χ1v) is 4.59. The zero-order chi connectivity index (χ0) is 9.73. The van der Waals surface area contributed by atoms with E-state index < -0.39 is 12.2 Å². The summed E-state index contributed by atoms with van der Waals surface area (Å²) in [5.74, 6) is 0.155. The first-order chi connectivity index (χ1) is 5.23. The van der Waals surface area contributed by atoms with Crippen molar-refractivity contribution in [3.8, 4) is 0 Å². The Labute approximate surface area is 74.6 Å². The van der Waals surface area contributed by atoms with Crippen LogP contribution in [0, 0.1) is 16.7 Å². The van der Waals surface area contributed by atoms with Gasteiger partial charge in [0.1, 0.15) is 0 Å². The monoisotopic (exact) mass is 172 g/mol. The van der Waals surface area contributed by atoms with E-state index in [1.807, 2.05) is 20.8 Å². The minimum atomic E-state index is -0.595. The normalized spacial score (nSPS) is 44.8. The van der Waals surface area contributed by atoms with Crippen LogP contribution in [0.2, 0.25) is 0 Å². The second kappa shape index (κ2) is 2.46. The highest BCUT2D eigenvalue weighted by Gasteiger charge is 2.57. The minimum Gasteiger partial charge on any atom is -0.390 e. The first kappa shape index (κ1) is 10.0. The van der Waals surface area contributed by atoms with E-state index in [9.17, 15) is 10.2 Å². The summed E-state index contributed by atoms with van der Waals surface area (Å²) in [7, 11) is 0. The lowest BCUT2D eigenvalue weighted by Gasteiger charge is -2.38. The lowest BCUT2D eigenvalue weighted by atomic mass is 9.67. The van der Waals surface area contributed by atoms with Gasteiger partial charge >= 0.3 is 0 Å². The minimum absolute atomic E-state index is 0.00810. The van der Waals surface area contributed by atoms with E-state index in [1.165, 1.54) is 0 Å². The Hall–Kier alpha value is -0.0800. The third-order valence-electron chi connectivity index (χ3n) is 4.37. The van der Waals surface area contributed by atoms with Crippen molar-refractivity contribution in [1.29, 1.82) is 0 Å².